The van der Waals surface area contributed by atoms with Crippen molar-refractivity contribution in [1.29, 1.82) is 15.8 Å². The first-order valence-electron chi connectivity index (χ1n) is 17.6. The molecule has 4 aromatic carbocycles. The molecule has 0 amide bonds. The third-order valence-electron chi connectivity index (χ3n) is 10.9. The highest BCUT2D eigenvalue weighted by molar-refractivity contribution is 6.10. The molecule has 5 heteroatoms. The molecule has 4 unspecified atom stereocenters. The van der Waals surface area contributed by atoms with Crippen LogP contribution < -0.4 is 4.90 Å². The van der Waals surface area contributed by atoms with Crippen LogP contribution in [0.2, 0.25) is 0 Å². The topological polar surface area (TPSA) is 79.5 Å². The summed E-state index contributed by atoms with van der Waals surface area (Å²) in [5, 5.41) is 32.9. The van der Waals surface area contributed by atoms with Crippen LogP contribution in [0.4, 0.5) is 5.69 Å². The normalized spacial score (nSPS) is 22.3. The Bertz CT molecular complexity index is 2530. The van der Waals surface area contributed by atoms with E-state index in [1.165, 1.54) is 22.0 Å². The summed E-state index contributed by atoms with van der Waals surface area (Å²) in [6, 6.07) is 41.6. The predicted molar refractivity (Wildman–Crippen MR) is 204 cm³/mol. The number of allylic oxidation sites excluding steroid dienone is 8. The van der Waals surface area contributed by atoms with Crippen molar-refractivity contribution >= 4 is 33.1 Å². The molecule has 0 spiro atoms. The van der Waals surface area contributed by atoms with Crippen LogP contribution in [0.25, 0.3) is 33.1 Å². The fourth-order valence-corrected chi connectivity index (χ4v) is 8.72. The van der Waals surface area contributed by atoms with Gasteiger partial charge in [-0.3, -0.25) is 0 Å². The summed E-state index contributed by atoms with van der Waals surface area (Å²) < 4.78 is 2.31. The maximum atomic E-state index is 10.7. The van der Waals surface area contributed by atoms with E-state index in [1.807, 2.05) is 12.1 Å². The Morgan fingerprint density at radius 3 is 2.14 bits per heavy atom. The Hall–Kier alpha value is -6.61. The highest BCUT2D eigenvalue weighted by atomic mass is 15.2. The maximum absolute atomic E-state index is 10.7. The molecule has 1 aliphatic heterocycles. The lowest BCUT2D eigenvalue weighted by Gasteiger charge is -2.35. The van der Waals surface area contributed by atoms with Gasteiger partial charge in [0.1, 0.15) is 0 Å². The Labute approximate surface area is 297 Å². The van der Waals surface area contributed by atoms with Crippen LogP contribution in [-0.2, 0) is 0 Å². The van der Waals surface area contributed by atoms with Gasteiger partial charge in [-0.05, 0) is 59.9 Å². The van der Waals surface area contributed by atoms with Gasteiger partial charge < -0.3 is 9.47 Å². The molecule has 3 aliphatic carbocycles. The summed E-state index contributed by atoms with van der Waals surface area (Å²) >= 11 is 0. The smallest absolute Gasteiger partial charge is 0.0988 e. The van der Waals surface area contributed by atoms with E-state index in [9.17, 15) is 15.8 Å². The van der Waals surface area contributed by atoms with Crippen LogP contribution in [0.1, 0.15) is 36.3 Å². The standard InChI is InChI=1S/C46H33N5/c47-27-30-20-23-45-40(25-30)37-14-3-5-16-41(37)50(45)34-11-9-10-32(21-22-34)39-26-31(28-48)24-33(29-49)46(39)38-15-4-8-19-44(38)51-42-17-6-1-12-35(42)36-13-2-7-18-43(36)51/h1-10,12-21,23,25-26,31,34,40,45H,11,22,24H2. The van der Waals surface area contributed by atoms with Gasteiger partial charge in [0.25, 0.3) is 0 Å². The van der Waals surface area contributed by atoms with Crippen molar-refractivity contribution in [3.05, 3.63) is 173 Å². The SMILES string of the molecule is N#CC1=CC2c3ccccc3N(C3CC=CC(C4=CC(C#N)CC(C#N)=C4c4ccccc4-n4c5ccccc5c5ccccc54)=CC3)C2C=C1. The van der Waals surface area contributed by atoms with Crippen LogP contribution >= 0.6 is 0 Å². The molecule has 51 heavy (non-hydrogen) atoms. The van der Waals surface area contributed by atoms with Gasteiger partial charge >= 0.3 is 0 Å². The van der Waals surface area contributed by atoms with Crippen LogP contribution in [0, 0.1) is 39.9 Å². The molecule has 0 saturated heterocycles. The van der Waals surface area contributed by atoms with Gasteiger partial charge in [0.2, 0.25) is 0 Å². The van der Waals surface area contributed by atoms with Crippen molar-refractivity contribution in [2.75, 3.05) is 4.90 Å². The van der Waals surface area contributed by atoms with Gasteiger partial charge in [-0.2, -0.15) is 15.8 Å². The molecule has 242 valence electrons. The molecule has 9 rings (SSSR count). The van der Waals surface area contributed by atoms with Crippen molar-refractivity contribution in [2.24, 2.45) is 5.92 Å². The van der Waals surface area contributed by atoms with Crippen LogP contribution in [0.5, 0.6) is 0 Å². The van der Waals surface area contributed by atoms with Gasteiger partial charge in [-0.15, -0.1) is 0 Å². The molecule has 2 heterocycles. The minimum Gasteiger partial charge on any atom is -0.360 e. The van der Waals surface area contributed by atoms with E-state index in [0.717, 1.165) is 51.8 Å². The lowest BCUT2D eigenvalue weighted by molar-refractivity contribution is 0.556. The van der Waals surface area contributed by atoms with Crippen LogP contribution in [0.15, 0.2) is 162 Å². The van der Waals surface area contributed by atoms with E-state index in [1.54, 1.807) is 0 Å². The zero-order chi connectivity index (χ0) is 34.5. The van der Waals surface area contributed by atoms with Crippen molar-refractivity contribution in [2.45, 2.75) is 37.3 Å². The first-order valence-corrected chi connectivity index (χ1v) is 17.6. The Morgan fingerprint density at radius 2 is 1.39 bits per heavy atom. The third kappa shape index (κ3) is 4.88. The van der Waals surface area contributed by atoms with Gasteiger partial charge in [-0.25, -0.2) is 0 Å². The van der Waals surface area contributed by atoms with Crippen LogP contribution in [0.3, 0.4) is 0 Å². The molecule has 4 aliphatic rings. The Morgan fingerprint density at radius 1 is 0.686 bits per heavy atom. The van der Waals surface area contributed by atoms with Crippen molar-refractivity contribution in [1.82, 2.24) is 4.57 Å². The highest BCUT2D eigenvalue weighted by Gasteiger charge is 2.40. The number of para-hydroxylation sites is 4. The number of hydrogen-bond acceptors (Lipinski definition) is 4. The molecule has 0 radical (unpaired) electrons. The summed E-state index contributed by atoms with van der Waals surface area (Å²) in [6.07, 6.45) is 17.1. The summed E-state index contributed by atoms with van der Waals surface area (Å²) in [4.78, 5) is 2.54. The fraction of sp³-hybridized carbons (Fsp3) is 0.152. The molecule has 0 N–H and O–H groups in total. The number of anilines is 1. The maximum Gasteiger partial charge on any atom is 0.0988 e. The average Bonchev–Trinajstić information content (AvgIpc) is 3.58. The number of benzene rings is 4. The lowest BCUT2D eigenvalue weighted by Crippen LogP contribution is -2.41. The number of hydrogen-bond donors (Lipinski definition) is 0. The second kappa shape index (κ2) is 12.4. The van der Waals surface area contributed by atoms with E-state index in [4.69, 9.17) is 0 Å². The van der Waals surface area contributed by atoms with E-state index in [0.29, 0.717) is 17.6 Å². The summed E-state index contributed by atoms with van der Waals surface area (Å²) in [5.74, 6) is -0.258. The van der Waals surface area contributed by atoms with E-state index >= 15 is 0 Å². The number of fused-ring (bicyclic) bond motifs is 6. The van der Waals surface area contributed by atoms with E-state index in [2.05, 4.69) is 155 Å². The molecule has 5 nitrogen and oxygen atoms in total. The van der Waals surface area contributed by atoms with Crippen molar-refractivity contribution in [3.63, 3.8) is 0 Å². The molecule has 0 bridgehead atoms. The first kappa shape index (κ1) is 30.4. The van der Waals surface area contributed by atoms with Crippen molar-refractivity contribution < 1.29 is 0 Å². The van der Waals surface area contributed by atoms with E-state index < -0.39 is 5.92 Å². The first-order chi connectivity index (χ1) is 25.2. The number of nitriles is 3. The monoisotopic (exact) mass is 655 g/mol. The fourth-order valence-electron chi connectivity index (χ4n) is 8.72. The van der Waals surface area contributed by atoms with Gasteiger partial charge in [0, 0.05) is 57.1 Å². The molecule has 5 aromatic rings. The number of aromatic nitrogens is 1. The summed E-state index contributed by atoms with van der Waals surface area (Å²) in [7, 11) is 0. The van der Waals surface area contributed by atoms with Crippen LogP contribution in [-0.4, -0.2) is 16.7 Å². The summed E-state index contributed by atoms with van der Waals surface area (Å²) in [5.41, 5.74) is 10.9. The number of rotatable bonds is 4. The molecule has 1 aromatic heterocycles. The Kier molecular flexibility index (Phi) is 7.39. The van der Waals surface area contributed by atoms with Crippen molar-refractivity contribution in [3.8, 4) is 23.9 Å². The zero-order valence-electron chi connectivity index (χ0n) is 27.9. The Balaban J connectivity index is 1.15. The zero-order valence-corrected chi connectivity index (χ0v) is 27.9. The predicted octanol–water partition coefficient (Wildman–Crippen LogP) is 10.2. The molecule has 0 saturated carbocycles. The summed E-state index contributed by atoms with van der Waals surface area (Å²) in [6.45, 7) is 0. The highest BCUT2D eigenvalue weighted by Crippen LogP contribution is 2.48. The van der Waals surface area contributed by atoms with Gasteiger partial charge in [-0.1, -0.05) is 109 Å². The molecule has 0 fully saturated rings. The quantitative estimate of drug-likeness (QED) is 0.193. The minimum absolute atomic E-state index is 0.138. The largest absolute Gasteiger partial charge is 0.360 e. The van der Waals surface area contributed by atoms with Gasteiger partial charge in [0.15, 0.2) is 0 Å². The lowest BCUT2D eigenvalue weighted by atomic mass is 9.79. The third-order valence-corrected chi connectivity index (χ3v) is 10.9. The number of nitrogens with zero attached hydrogens (tertiary/aromatic N) is 5. The van der Waals surface area contributed by atoms with Gasteiger partial charge in [0.05, 0.1) is 46.9 Å². The molecule has 4 atom stereocenters. The average molecular weight is 656 g/mol. The minimum atomic E-state index is -0.396. The van der Waals surface area contributed by atoms with E-state index in [-0.39, 0.29) is 18.0 Å². The second-order valence-electron chi connectivity index (χ2n) is 13.6. The molecular formula is C46H33N5. The second-order valence-corrected chi connectivity index (χ2v) is 13.6. The molecular weight excluding hydrogens is 623 g/mol.